The molecule has 120 valence electrons. The lowest BCUT2D eigenvalue weighted by molar-refractivity contribution is -0.115. The van der Waals surface area contributed by atoms with Crippen LogP contribution in [0.2, 0.25) is 0 Å². The summed E-state index contributed by atoms with van der Waals surface area (Å²) in [5, 5.41) is 8.48. The van der Waals surface area contributed by atoms with Crippen molar-refractivity contribution in [3.63, 3.8) is 0 Å². The zero-order valence-corrected chi connectivity index (χ0v) is 14.1. The number of nitrogens with one attached hydrogen (secondary N) is 1. The molecular formula is C18H22N4O. The molecule has 5 nitrogen and oxygen atoms in total. The molecule has 1 aromatic carbocycles. The van der Waals surface area contributed by atoms with E-state index in [9.17, 15) is 4.79 Å². The standard InChI is InChI=1S/C18H22N4O/c1-5-22-9-8-14-10-15(6-7-17(14)22)19-18(23)11-16-12(2)20-21(4)13(16)3/h6-10H,5,11H2,1-4H3,(H,19,23). The maximum absolute atomic E-state index is 12.3. The molecule has 2 heterocycles. The minimum absolute atomic E-state index is 0.0153. The second-order valence-electron chi connectivity index (χ2n) is 5.87. The number of nitrogens with zero attached hydrogens (tertiary/aromatic N) is 3. The molecule has 0 unspecified atom stereocenters. The van der Waals surface area contributed by atoms with Crippen LogP contribution in [0.5, 0.6) is 0 Å². The summed E-state index contributed by atoms with van der Waals surface area (Å²) in [6, 6.07) is 8.09. The lowest BCUT2D eigenvalue weighted by Gasteiger charge is -2.07. The molecular weight excluding hydrogens is 288 g/mol. The number of rotatable bonds is 4. The molecule has 0 atom stereocenters. The molecule has 23 heavy (non-hydrogen) atoms. The third-order valence-corrected chi connectivity index (χ3v) is 4.39. The van der Waals surface area contributed by atoms with E-state index in [-0.39, 0.29) is 5.91 Å². The number of aromatic nitrogens is 3. The second-order valence-corrected chi connectivity index (χ2v) is 5.87. The van der Waals surface area contributed by atoms with Crippen molar-refractivity contribution in [3.05, 3.63) is 47.4 Å². The summed E-state index contributed by atoms with van der Waals surface area (Å²) in [6.45, 7) is 6.99. The Morgan fingerprint density at radius 2 is 2.04 bits per heavy atom. The highest BCUT2D eigenvalue weighted by Gasteiger charge is 2.13. The predicted octanol–water partition coefficient (Wildman–Crippen LogP) is 3.19. The average Bonchev–Trinajstić information content (AvgIpc) is 3.03. The van der Waals surface area contributed by atoms with Gasteiger partial charge in [0.15, 0.2) is 0 Å². The van der Waals surface area contributed by atoms with Gasteiger partial charge in [0.25, 0.3) is 0 Å². The molecule has 0 fully saturated rings. The molecule has 0 aliphatic carbocycles. The number of carbonyl (C=O) groups excluding carboxylic acids is 1. The van der Waals surface area contributed by atoms with Crippen molar-refractivity contribution >= 4 is 22.5 Å². The van der Waals surface area contributed by atoms with Crippen LogP contribution < -0.4 is 5.32 Å². The molecule has 0 aliphatic heterocycles. The Kier molecular flexibility index (Phi) is 3.94. The fourth-order valence-electron chi connectivity index (χ4n) is 2.99. The first-order valence-corrected chi connectivity index (χ1v) is 7.87. The highest BCUT2D eigenvalue weighted by atomic mass is 16.1. The highest BCUT2D eigenvalue weighted by Crippen LogP contribution is 2.21. The number of fused-ring (bicyclic) bond motifs is 1. The summed E-state index contributed by atoms with van der Waals surface area (Å²) in [7, 11) is 1.90. The lowest BCUT2D eigenvalue weighted by Crippen LogP contribution is -2.15. The molecule has 1 amide bonds. The van der Waals surface area contributed by atoms with Gasteiger partial charge in [0.2, 0.25) is 5.91 Å². The van der Waals surface area contributed by atoms with Gasteiger partial charge in [0, 0.05) is 47.6 Å². The zero-order chi connectivity index (χ0) is 16.6. The average molecular weight is 310 g/mol. The van der Waals surface area contributed by atoms with Crippen LogP contribution in [0.15, 0.2) is 30.5 Å². The molecule has 5 heteroatoms. The summed E-state index contributed by atoms with van der Waals surface area (Å²) >= 11 is 0. The Labute approximate surface area is 135 Å². The smallest absolute Gasteiger partial charge is 0.228 e. The summed E-state index contributed by atoms with van der Waals surface area (Å²) < 4.78 is 4.00. The van der Waals surface area contributed by atoms with Gasteiger partial charge in [-0.2, -0.15) is 5.10 Å². The van der Waals surface area contributed by atoms with E-state index in [0.29, 0.717) is 6.42 Å². The van der Waals surface area contributed by atoms with Gasteiger partial charge in [-0.3, -0.25) is 9.48 Å². The lowest BCUT2D eigenvalue weighted by atomic mass is 10.1. The Balaban J connectivity index is 1.77. The molecule has 2 aromatic heterocycles. The minimum atomic E-state index is -0.0153. The summed E-state index contributed by atoms with van der Waals surface area (Å²) in [5.74, 6) is -0.0153. The second kappa shape index (κ2) is 5.91. The third-order valence-electron chi connectivity index (χ3n) is 4.39. The number of benzene rings is 1. The van der Waals surface area contributed by atoms with Gasteiger partial charge in [-0.25, -0.2) is 0 Å². The van der Waals surface area contributed by atoms with Crippen molar-refractivity contribution in [2.75, 3.05) is 5.32 Å². The zero-order valence-electron chi connectivity index (χ0n) is 14.1. The number of aryl methyl sites for hydroxylation is 3. The van der Waals surface area contributed by atoms with E-state index in [1.807, 2.05) is 37.7 Å². The van der Waals surface area contributed by atoms with Crippen LogP contribution >= 0.6 is 0 Å². The van der Waals surface area contributed by atoms with Gasteiger partial charge in [-0.05, 0) is 45.0 Å². The van der Waals surface area contributed by atoms with Crippen LogP contribution in [0.25, 0.3) is 10.9 Å². The summed E-state index contributed by atoms with van der Waals surface area (Å²) in [4.78, 5) is 12.3. The first-order chi connectivity index (χ1) is 11.0. The van der Waals surface area contributed by atoms with Gasteiger partial charge < -0.3 is 9.88 Å². The SMILES string of the molecule is CCn1ccc2cc(NC(=O)Cc3c(C)nn(C)c3C)ccc21. The fourth-order valence-corrected chi connectivity index (χ4v) is 2.99. The molecule has 0 spiro atoms. The first-order valence-electron chi connectivity index (χ1n) is 7.87. The van der Waals surface area contributed by atoms with Crippen LogP contribution in [-0.4, -0.2) is 20.3 Å². The van der Waals surface area contributed by atoms with Crippen molar-refractivity contribution in [2.24, 2.45) is 7.05 Å². The summed E-state index contributed by atoms with van der Waals surface area (Å²) in [5.41, 5.74) is 4.96. The van der Waals surface area contributed by atoms with Crippen LogP contribution in [0.3, 0.4) is 0 Å². The van der Waals surface area contributed by atoms with Gasteiger partial charge in [0.1, 0.15) is 0 Å². The number of anilines is 1. The van der Waals surface area contributed by atoms with Crippen LogP contribution in [-0.2, 0) is 24.8 Å². The van der Waals surface area contributed by atoms with Gasteiger partial charge in [-0.1, -0.05) is 0 Å². The fraction of sp³-hybridized carbons (Fsp3) is 0.333. The normalized spacial score (nSPS) is 11.1. The molecule has 0 saturated carbocycles. The van der Waals surface area contributed by atoms with Gasteiger partial charge in [0.05, 0.1) is 12.1 Å². The van der Waals surface area contributed by atoms with Crippen LogP contribution in [0.1, 0.15) is 23.9 Å². The van der Waals surface area contributed by atoms with Gasteiger partial charge in [-0.15, -0.1) is 0 Å². The van der Waals surface area contributed by atoms with Crippen molar-refractivity contribution in [3.8, 4) is 0 Å². The number of hydrogen-bond donors (Lipinski definition) is 1. The third kappa shape index (κ3) is 2.86. The Morgan fingerprint density at radius 3 is 2.70 bits per heavy atom. The number of carbonyl (C=O) groups is 1. The maximum Gasteiger partial charge on any atom is 0.228 e. The largest absolute Gasteiger partial charge is 0.348 e. The molecule has 0 saturated heterocycles. The van der Waals surface area contributed by atoms with Crippen molar-refractivity contribution in [2.45, 2.75) is 33.7 Å². The Morgan fingerprint density at radius 1 is 1.26 bits per heavy atom. The molecule has 0 bridgehead atoms. The van der Waals surface area contributed by atoms with E-state index in [4.69, 9.17) is 0 Å². The molecule has 0 aliphatic rings. The predicted molar refractivity (Wildman–Crippen MR) is 92.6 cm³/mol. The van der Waals surface area contributed by atoms with Crippen molar-refractivity contribution in [1.29, 1.82) is 0 Å². The summed E-state index contributed by atoms with van der Waals surface area (Å²) in [6.07, 6.45) is 2.41. The molecule has 0 radical (unpaired) electrons. The first kappa shape index (κ1) is 15.3. The van der Waals surface area contributed by atoms with E-state index in [2.05, 4.69) is 40.2 Å². The monoisotopic (exact) mass is 310 g/mol. The van der Waals surface area contributed by atoms with E-state index in [1.165, 1.54) is 5.52 Å². The quantitative estimate of drug-likeness (QED) is 0.804. The van der Waals surface area contributed by atoms with E-state index in [1.54, 1.807) is 0 Å². The van der Waals surface area contributed by atoms with E-state index >= 15 is 0 Å². The van der Waals surface area contributed by atoms with E-state index in [0.717, 1.165) is 34.6 Å². The van der Waals surface area contributed by atoms with Crippen molar-refractivity contribution in [1.82, 2.24) is 14.3 Å². The van der Waals surface area contributed by atoms with Gasteiger partial charge >= 0.3 is 0 Å². The Hall–Kier alpha value is -2.56. The number of amides is 1. The molecule has 1 N–H and O–H groups in total. The molecule has 3 rings (SSSR count). The van der Waals surface area contributed by atoms with Crippen molar-refractivity contribution < 1.29 is 4.79 Å². The number of hydrogen-bond acceptors (Lipinski definition) is 2. The maximum atomic E-state index is 12.3. The van der Waals surface area contributed by atoms with Crippen LogP contribution in [0.4, 0.5) is 5.69 Å². The Bertz CT molecular complexity index is 873. The minimum Gasteiger partial charge on any atom is -0.348 e. The molecule has 3 aromatic rings. The topological polar surface area (TPSA) is 51.9 Å². The van der Waals surface area contributed by atoms with Crippen LogP contribution in [0, 0.1) is 13.8 Å². The highest BCUT2D eigenvalue weighted by molar-refractivity contribution is 5.95. The van der Waals surface area contributed by atoms with E-state index < -0.39 is 0 Å².